The first-order valence-electron chi connectivity index (χ1n) is 5.48. The Hall–Kier alpha value is -1.33. The molecule has 0 aliphatic carbocycles. The van der Waals surface area contributed by atoms with E-state index in [4.69, 9.17) is 10.2 Å². The van der Waals surface area contributed by atoms with Gasteiger partial charge in [0.1, 0.15) is 0 Å². The zero-order valence-electron chi connectivity index (χ0n) is 9.88. The predicted octanol–water partition coefficient (Wildman–Crippen LogP) is 2.70. The average Bonchev–Trinajstić information content (AvgIpc) is 2.78. The molecule has 5 heteroatoms. The van der Waals surface area contributed by atoms with E-state index in [1.165, 1.54) is 4.90 Å². The zero-order chi connectivity index (χ0) is 12.3. The quantitative estimate of drug-likeness (QED) is 0.844. The Labute approximate surface area is 105 Å². The molecule has 17 heavy (non-hydrogen) atoms. The molecule has 1 aromatic heterocycles. The number of nitrogens with zero attached hydrogens (tertiary/aromatic N) is 2. The fourth-order valence-corrected chi connectivity index (χ4v) is 2.24. The second-order valence-corrected chi connectivity index (χ2v) is 5.55. The summed E-state index contributed by atoms with van der Waals surface area (Å²) < 4.78 is 5.39. The Bertz CT molecular complexity index is 479. The van der Waals surface area contributed by atoms with Crippen molar-refractivity contribution in [2.75, 3.05) is 0 Å². The zero-order valence-corrected chi connectivity index (χ0v) is 10.7. The summed E-state index contributed by atoms with van der Waals surface area (Å²) in [6, 6.07) is 8.09. The van der Waals surface area contributed by atoms with Crippen molar-refractivity contribution in [3.05, 3.63) is 30.2 Å². The highest BCUT2D eigenvalue weighted by Crippen LogP contribution is 2.25. The van der Waals surface area contributed by atoms with Gasteiger partial charge in [-0.25, -0.2) is 0 Å². The molecule has 1 heterocycles. The Morgan fingerprint density at radius 2 is 1.94 bits per heavy atom. The summed E-state index contributed by atoms with van der Waals surface area (Å²) in [5, 5.41) is 8.36. The highest BCUT2D eigenvalue weighted by Gasteiger charge is 2.07. The molecule has 2 N–H and O–H groups in total. The van der Waals surface area contributed by atoms with Gasteiger partial charge in [0.05, 0.1) is 6.54 Å². The maximum Gasteiger partial charge on any atom is 0.247 e. The van der Waals surface area contributed by atoms with E-state index in [1.54, 1.807) is 0 Å². The molecular formula is C12H15N3OS. The van der Waals surface area contributed by atoms with Gasteiger partial charge in [0.2, 0.25) is 11.8 Å². The van der Waals surface area contributed by atoms with Crippen LogP contribution in [-0.4, -0.2) is 15.4 Å². The fraction of sp³-hybridized carbons (Fsp3) is 0.333. The van der Waals surface area contributed by atoms with E-state index in [-0.39, 0.29) is 6.54 Å². The molecule has 2 rings (SSSR count). The van der Waals surface area contributed by atoms with Gasteiger partial charge in [-0.1, -0.05) is 13.8 Å². The fourth-order valence-electron chi connectivity index (χ4n) is 1.40. The number of thioether (sulfide) groups is 1. The van der Waals surface area contributed by atoms with Crippen molar-refractivity contribution in [2.24, 2.45) is 5.73 Å². The van der Waals surface area contributed by atoms with Gasteiger partial charge in [0, 0.05) is 15.7 Å². The molecule has 0 aliphatic rings. The molecule has 0 spiro atoms. The first kappa shape index (κ1) is 12.1. The van der Waals surface area contributed by atoms with E-state index in [0.29, 0.717) is 17.0 Å². The summed E-state index contributed by atoms with van der Waals surface area (Å²) >= 11 is 1.83. The SMILES string of the molecule is CC(C)Sc1ccc(-c2nnc(CN)o2)cc1. The second kappa shape index (κ2) is 5.33. The number of benzene rings is 1. The third-order valence-corrected chi connectivity index (χ3v) is 3.13. The molecule has 0 atom stereocenters. The summed E-state index contributed by atoms with van der Waals surface area (Å²) in [6.45, 7) is 4.61. The molecule has 0 radical (unpaired) electrons. The van der Waals surface area contributed by atoms with E-state index in [9.17, 15) is 0 Å². The first-order valence-corrected chi connectivity index (χ1v) is 6.36. The van der Waals surface area contributed by atoms with Gasteiger partial charge in [-0.2, -0.15) is 0 Å². The van der Waals surface area contributed by atoms with Crippen LogP contribution in [0.2, 0.25) is 0 Å². The molecule has 4 nitrogen and oxygen atoms in total. The summed E-state index contributed by atoms with van der Waals surface area (Å²) in [4.78, 5) is 1.24. The number of rotatable bonds is 4. The smallest absolute Gasteiger partial charge is 0.247 e. The maximum absolute atomic E-state index is 5.42. The van der Waals surface area contributed by atoms with Crippen molar-refractivity contribution >= 4 is 11.8 Å². The van der Waals surface area contributed by atoms with Crippen LogP contribution in [0.1, 0.15) is 19.7 Å². The third kappa shape index (κ3) is 3.08. The molecule has 2 aromatic rings. The number of hydrogen-bond donors (Lipinski definition) is 1. The van der Waals surface area contributed by atoms with Crippen LogP contribution in [0.5, 0.6) is 0 Å². The molecule has 0 saturated carbocycles. The van der Waals surface area contributed by atoms with Gasteiger partial charge in [0.15, 0.2) is 0 Å². The van der Waals surface area contributed by atoms with Crippen molar-refractivity contribution in [1.82, 2.24) is 10.2 Å². The number of hydrogen-bond acceptors (Lipinski definition) is 5. The Balaban J connectivity index is 2.17. The summed E-state index contributed by atoms with van der Waals surface area (Å²) in [5.74, 6) is 0.979. The van der Waals surface area contributed by atoms with E-state index >= 15 is 0 Å². The van der Waals surface area contributed by atoms with Crippen LogP contribution in [0.25, 0.3) is 11.5 Å². The van der Waals surface area contributed by atoms with Crippen LogP contribution in [0.3, 0.4) is 0 Å². The normalized spacial score (nSPS) is 11.1. The highest BCUT2D eigenvalue weighted by atomic mass is 32.2. The van der Waals surface area contributed by atoms with E-state index in [2.05, 4.69) is 36.2 Å². The van der Waals surface area contributed by atoms with E-state index < -0.39 is 0 Å². The lowest BCUT2D eigenvalue weighted by atomic mass is 10.2. The van der Waals surface area contributed by atoms with Gasteiger partial charge in [0.25, 0.3) is 0 Å². The molecule has 90 valence electrons. The maximum atomic E-state index is 5.42. The lowest BCUT2D eigenvalue weighted by Crippen LogP contribution is -1.95. The molecule has 0 amide bonds. The van der Waals surface area contributed by atoms with Crippen LogP contribution in [0.4, 0.5) is 0 Å². The topological polar surface area (TPSA) is 64.9 Å². The van der Waals surface area contributed by atoms with Crippen LogP contribution in [0.15, 0.2) is 33.6 Å². The minimum absolute atomic E-state index is 0.272. The Kier molecular flexibility index (Phi) is 3.81. The third-order valence-electron chi connectivity index (χ3n) is 2.11. The first-order chi connectivity index (χ1) is 8.19. The predicted molar refractivity (Wildman–Crippen MR) is 68.6 cm³/mol. The molecule has 0 bridgehead atoms. The molecule has 0 saturated heterocycles. The monoisotopic (exact) mass is 249 g/mol. The van der Waals surface area contributed by atoms with Gasteiger partial charge in [-0.05, 0) is 24.3 Å². The largest absolute Gasteiger partial charge is 0.419 e. The molecular weight excluding hydrogens is 234 g/mol. The molecule has 0 aliphatic heterocycles. The van der Waals surface area contributed by atoms with Crippen molar-refractivity contribution in [1.29, 1.82) is 0 Å². The second-order valence-electron chi connectivity index (χ2n) is 3.90. The van der Waals surface area contributed by atoms with Crippen molar-refractivity contribution in [2.45, 2.75) is 30.5 Å². The van der Waals surface area contributed by atoms with E-state index in [1.807, 2.05) is 23.9 Å². The molecule has 1 aromatic carbocycles. The average molecular weight is 249 g/mol. The summed E-state index contributed by atoms with van der Waals surface area (Å²) in [7, 11) is 0. The van der Waals surface area contributed by atoms with Gasteiger partial charge >= 0.3 is 0 Å². The Morgan fingerprint density at radius 3 is 2.47 bits per heavy atom. The lowest BCUT2D eigenvalue weighted by molar-refractivity contribution is 0.508. The van der Waals surface area contributed by atoms with Gasteiger partial charge in [-0.15, -0.1) is 22.0 Å². The summed E-state index contributed by atoms with van der Waals surface area (Å²) in [6.07, 6.45) is 0. The van der Waals surface area contributed by atoms with Crippen LogP contribution in [0, 0.1) is 0 Å². The van der Waals surface area contributed by atoms with Crippen LogP contribution >= 0.6 is 11.8 Å². The van der Waals surface area contributed by atoms with Gasteiger partial charge in [-0.3, -0.25) is 0 Å². The highest BCUT2D eigenvalue weighted by molar-refractivity contribution is 7.99. The number of nitrogens with two attached hydrogens (primary N) is 1. The summed E-state index contributed by atoms with van der Waals surface area (Å²) in [5.41, 5.74) is 6.34. The van der Waals surface area contributed by atoms with Crippen molar-refractivity contribution < 1.29 is 4.42 Å². The van der Waals surface area contributed by atoms with E-state index in [0.717, 1.165) is 5.56 Å². The Morgan fingerprint density at radius 1 is 1.24 bits per heavy atom. The van der Waals surface area contributed by atoms with Crippen molar-refractivity contribution in [3.8, 4) is 11.5 Å². The van der Waals surface area contributed by atoms with Gasteiger partial charge < -0.3 is 10.2 Å². The van der Waals surface area contributed by atoms with Crippen LogP contribution in [-0.2, 0) is 6.54 Å². The minimum atomic E-state index is 0.272. The van der Waals surface area contributed by atoms with Crippen LogP contribution < -0.4 is 5.73 Å². The molecule has 0 unspecified atom stereocenters. The molecule has 0 fully saturated rings. The lowest BCUT2D eigenvalue weighted by Gasteiger charge is -2.04. The minimum Gasteiger partial charge on any atom is -0.419 e. The standard InChI is InChI=1S/C12H15N3OS/c1-8(2)17-10-5-3-9(4-6-10)12-15-14-11(7-13)16-12/h3-6,8H,7,13H2,1-2H3. The van der Waals surface area contributed by atoms with Crippen molar-refractivity contribution in [3.63, 3.8) is 0 Å². The number of aromatic nitrogens is 2.